The normalized spacial score (nSPS) is 9.14. The van der Waals surface area contributed by atoms with Gasteiger partial charge in [0, 0.05) is 16.1 Å². The predicted octanol–water partition coefficient (Wildman–Crippen LogP) is 4.11. The number of nitrogens with two attached hydrogens (primary N) is 3. The van der Waals surface area contributed by atoms with E-state index in [1.165, 1.54) is 18.9 Å². The monoisotopic (exact) mass is 566 g/mol. The molecule has 35 heavy (non-hydrogen) atoms. The lowest BCUT2D eigenvalue weighted by Gasteiger charge is -2.07. The molecule has 0 saturated carbocycles. The van der Waals surface area contributed by atoms with E-state index in [0.29, 0.717) is 22.0 Å². The van der Waals surface area contributed by atoms with Crippen LogP contribution in [0, 0.1) is 0 Å². The maximum atomic E-state index is 11.7. The summed E-state index contributed by atoms with van der Waals surface area (Å²) in [5, 5.41) is 20.0. The average molecular weight is 567 g/mol. The van der Waals surface area contributed by atoms with E-state index in [4.69, 9.17) is 31.4 Å². The molecule has 1 heterocycles. The number of nitrogens with zero attached hydrogens (tertiary/aromatic N) is 1. The van der Waals surface area contributed by atoms with Crippen molar-refractivity contribution in [3.05, 3.63) is 59.9 Å². The molecule has 0 spiro atoms. The van der Waals surface area contributed by atoms with Gasteiger partial charge in [-0.1, -0.05) is 57.5 Å². The topological polar surface area (TPSA) is 210 Å². The van der Waals surface area contributed by atoms with Gasteiger partial charge in [0.1, 0.15) is 5.69 Å². The molecule has 1 aromatic heterocycles. The van der Waals surface area contributed by atoms with Gasteiger partial charge in [-0.25, -0.2) is 18.5 Å². The maximum Gasteiger partial charge on any atom is 0.251 e. The van der Waals surface area contributed by atoms with Crippen LogP contribution in [-0.4, -0.2) is 39.4 Å². The fourth-order valence-electron chi connectivity index (χ4n) is 2.15. The lowest BCUT2D eigenvalue weighted by atomic mass is 10.1. The minimum absolute atomic E-state index is 0. The van der Waals surface area contributed by atoms with Crippen molar-refractivity contribution in [1.82, 2.24) is 4.98 Å². The van der Waals surface area contributed by atoms with Crippen LogP contribution in [0.5, 0.6) is 0 Å². The highest BCUT2D eigenvalue weighted by Crippen LogP contribution is 2.34. The van der Waals surface area contributed by atoms with E-state index in [2.05, 4.69) is 54.7 Å². The molecule has 10 nitrogen and oxygen atoms in total. The van der Waals surface area contributed by atoms with Crippen molar-refractivity contribution in [3.8, 4) is 22.6 Å². The van der Waals surface area contributed by atoms with E-state index in [1.54, 1.807) is 42.5 Å². The second-order valence-corrected chi connectivity index (χ2v) is 8.76. The summed E-state index contributed by atoms with van der Waals surface area (Å²) in [6, 6.07) is 13.4. The molecule has 10 N–H and O–H groups in total. The third kappa shape index (κ3) is 14.9. The molecule has 0 unspecified atom stereocenters. The number of hydrogen-bond donors (Lipinski definition) is 5. The molecule has 196 valence electrons. The number of oxazole rings is 1. The van der Waals surface area contributed by atoms with Crippen LogP contribution in [0.1, 0.15) is 27.7 Å². The first-order valence-corrected chi connectivity index (χ1v) is 11.9. The average Bonchev–Trinajstić information content (AvgIpc) is 3.17. The van der Waals surface area contributed by atoms with Crippen LogP contribution in [0.2, 0.25) is 5.02 Å². The molecule has 3 aromatic rings. The van der Waals surface area contributed by atoms with E-state index in [-0.39, 0.29) is 17.8 Å². The Morgan fingerprint density at radius 1 is 1.03 bits per heavy atom. The Morgan fingerprint density at radius 3 is 1.89 bits per heavy atom. The van der Waals surface area contributed by atoms with E-state index < -0.39 is 20.4 Å². The molecule has 14 heteroatoms. The van der Waals surface area contributed by atoms with Crippen molar-refractivity contribution in [2.45, 2.75) is 32.6 Å². The lowest BCUT2D eigenvalue weighted by Crippen LogP contribution is -2.13. The summed E-state index contributed by atoms with van der Waals surface area (Å²) in [7, 11) is -3.87. The lowest BCUT2D eigenvalue weighted by molar-refractivity contribution is 0.559. The van der Waals surface area contributed by atoms with Crippen molar-refractivity contribution >= 4 is 56.4 Å². The quantitative estimate of drug-likeness (QED) is 0.286. The molecular weight excluding hydrogens is 536 g/mol. The van der Waals surface area contributed by atoms with Crippen LogP contribution in [0.3, 0.4) is 0 Å². The largest absolute Gasteiger partial charge is 0.487 e. The number of primary sulfonamides is 1. The van der Waals surface area contributed by atoms with Gasteiger partial charge < -0.3 is 31.6 Å². The number of hydrogen-bond acceptors (Lipinski definition) is 6. The van der Waals surface area contributed by atoms with Gasteiger partial charge in [-0.2, -0.15) is 0 Å². The van der Waals surface area contributed by atoms with Gasteiger partial charge in [0.15, 0.2) is 12.2 Å². The fraction of sp³-hybridized carbons (Fsp3) is 0.190. The molecule has 0 aliphatic carbocycles. The SMILES string of the molecule is C.CCC.NC(O)=S.NC(O)=S.NS(=O)(=O)c1ccccc1-c1ncoc1-c1ccc(Cl)cc1.O. The number of benzene rings is 2. The minimum Gasteiger partial charge on any atom is -0.487 e. The first-order chi connectivity index (χ1) is 15.3. The summed E-state index contributed by atoms with van der Waals surface area (Å²) in [6.07, 6.45) is 2.51. The number of rotatable bonds is 3. The third-order valence-electron chi connectivity index (χ3n) is 3.12. The van der Waals surface area contributed by atoms with E-state index in [0.717, 1.165) is 5.56 Å². The van der Waals surface area contributed by atoms with Crippen LogP contribution < -0.4 is 16.6 Å². The molecule has 0 aliphatic heterocycles. The summed E-state index contributed by atoms with van der Waals surface area (Å²) in [5.41, 5.74) is 10.3. The Kier molecular flexibility index (Phi) is 19.4. The van der Waals surface area contributed by atoms with E-state index in [1.807, 2.05) is 0 Å². The smallest absolute Gasteiger partial charge is 0.251 e. The molecule has 0 aliphatic rings. The van der Waals surface area contributed by atoms with E-state index >= 15 is 0 Å². The van der Waals surface area contributed by atoms with Gasteiger partial charge in [0.05, 0.1) is 4.90 Å². The van der Waals surface area contributed by atoms with Crippen molar-refractivity contribution in [2.75, 3.05) is 0 Å². The molecule has 0 radical (unpaired) electrons. The van der Waals surface area contributed by atoms with Gasteiger partial charge in [-0.3, -0.25) is 0 Å². The zero-order valence-corrected chi connectivity index (χ0v) is 21.5. The Labute approximate surface area is 221 Å². The van der Waals surface area contributed by atoms with Gasteiger partial charge >= 0.3 is 0 Å². The molecule has 0 saturated heterocycles. The molecule has 0 fully saturated rings. The number of thiocarbonyl (C=S) groups is 2. The highest BCUT2D eigenvalue weighted by atomic mass is 35.5. The molecule has 0 bridgehead atoms. The second-order valence-electron chi connectivity index (χ2n) is 5.96. The van der Waals surface area contributed by atoms with Crippen molar-refractivity contribution in [1.29, 1.82) is 0 Å². The van der Waals surface area contributed by atoms with E-state index in [9.17, 15) is 8.42 Å². The summed E-state index contributed by atoms with van der Waals surface area (Å²) in [6.45, 7) is 4.25. The highest BCUT2D eigenvalue weighted by Gasteiger charge is 2.20. The van der Waals surface area contributed by atoms with Gasteiger partial charge in [-0.05, 0) is 54.8 Å². The number of halogens is 1. The second kappa shape index (κ2) is 18.5. The van der Waals surface area contributed by atoms with Crippen LogP contribution in [0.15, 0.2) is 64.2 Å². The van der Waals surface area contributed by atoms with Gasteiger partial charge in [0.2, 0.25) is 10.0 Å². The molecular formula is C21H31ClN4O6S3. The number of aliphatic hydroxyl groups is 2. The Balaban J connectivity index is -0.000000673. The Morgan fingerprint density at radius 2 is 1.46 bits per heavy atom. The summed E-state index contributed by atoms with van der Waals surface area (Å²) in [4.78, 5) is 4.14. The van der Waals surface area contributed by atoms with Crippen LogP contribution in [-0.2, 0) is 10.0 Å². The zero-order valence-electron chi connectivity index (χ0n) is 18.3. The van der Waals surface area contributed by atoms with Crippen LogP contribution in [0.25, 0.3) is 22.6 Å². The summed E-state index contributed by atoms with van der Waals surface area (Å²) < 4.78 is 28.9. The van der Waals surface area contributed by atoms with Crippen molar-refractivity contribution in [3.63, 3.8) is 0 Å². The maximum absolute atomic E-state index is 11.7. The fourth-order valence-corrected chi connectivity index (χ4v) is 3.02. The first-order valence-electron chi connectivity index (χ1n) is 9.13. The van der Waals surface area contributed by atoms with Gasteiger partial charge in [-0.15, -0.1) is 0 Å². The van der Waals surface area contributed by atoms with Crippen molar-refractivity contribution in [2.24, 2.45) is 16.6 Å². The first kappa shape index (κ1) is 36.8. The Hall–Kier alpha value is -2.81. The van der Waals surface area contributed by atoms with Crippen molar-refractivity contribution < 1.29 is 28.5 Å². The number of aromatic nitrogens is 1. The Bertz CT molecular complexity index is 1120. The predicted molar refractivity (Wildman–Crippen MR) is 149 cm³/mol. The third-order valence-corrected chi connectivity index (χ3v) is 4.34. The standard InChI is InChI=1S/C15H11ClN2O3S.C3H8.2CH3NOS.CH4.H2O/c16-11-7-5-10(6-8-11)15-14(18-9-21-15)12-3-1-2-4-13(12)22(17,19)20;1-3-2;2*2-1(3)4;;/h1-9H,(H2,17,19,20);3H2,1-2H3;2*(H3,2,3,4);1H4;1H2. The van der Waals surface area contributed by atoms with Crippen LogP contribution >= 0.6 is 36.0 Å². The molecule has 0 atom stereocenters. The van der Waals surface area contributed by atoms with Crippen LogP contribution in [0.4, 0.5) is 0 Å². The number of aliphatic hydroxyl groups excluding tert-OH is 2. The van der Waals surface area contributed by atoms with Gasteiger partial charge in [0.25, 0.3) is 10.3 Å². The summed E-state index contributed by atoms with van der Waals surface area (Å²) in [5.74, 6) is 0.452. The molecule has 2 aromatic carbocycles. The molecule has 0 amide bonds. The molecule has 3 rings (SSSR count). The zero-order chi connectivity index (χ0) is 25.6. The minimum atomic E-state index is -3.87. The summed E-state index contributed by atoms with van der Waals surface area (Å²) >= 11 is 13.6. The highest BCUT2D eigenvalue weighted by molar-refractivity contribution is 7.89. The number of sulfonamides is 1.